The number of likely N-dealkylation sites (N-methyl/N-ethyl adjacent to an activating group) is 2. The van der Waals surface area contributed by atoms with Crippen molar-refractivity contribution < 1.29 is 4.79 Å². The van der Waals surface area contributed by atoms with Gasteiger partial charge in [-0.15, -0.1) is 0 Å². The molecule has 144 valence electrons. The molecule has 1 amide bonds. The zero-order valence-corrected chi connectivity index (χ0v) is 17.1. The van der Waals surface area contributed by atoms with E-state index in [-0.39, 0.29) is 0 Å². The van der Waals surface area contributed by atoms with Gasteiger partial charge in [-0.25, -0.2) is 0 Å². The fourth-order valence-electron chi connectivity index (χ4n) is 3.09. The minimum absolute atomic E-state index is 0.318. The lowest BCUT2D eigenvalue weighted by Crippen LogP contribution is -2.36. The summed E-state index contributed by atoms with van der Waals surface area (Å²) >= 11 is 0. The normalized spacial score (nSPS) is 11.2. The Morgan fingerprint density at radius 2 is 1.12 bits per heavy atom. The molecule has 0 radical (unpaired) electrons. The number of unbranched alkanes of at least 4 members (excludes halogenated alkanes) is 10. The summed E-state index contributed by atoms with van der Waals surface area (Å²) in [6.07, 6.45) is 15.4. The number of carbonyl (C=O) groups is 1. The van der Waals surface area contributed by atoms with Crippen molar-refractivity contribution >= 4 is 5.91 Å². The maximum Gasteiger partial charge on any atom is 0.222 e. The standard InChI is InChI=1S/C21H44N2O/c1-5-8-9-10-11-12-13-14-15-16-17-18-21(24)22(4)19-20-23(6-2)7-3/h5-20H2,1-4H3. The molecule has 0 spiro atoms. The van der Waals surface area contributed by atoms with Crippen molar-refractivity contribution in [2.45, 2.75) is 97.8 Å². The Morgan fingerprint density at radius 3 is 1.58 bits per heavy atom. The molecule has 0 aliphatic carbocycles. The highest BCUT2D eigenvalue weighted by Crippen LogP contribution is 2.12. The van der Waals surface area contributed by atoms with Gasteiger partial charge in [-0.05, 0) is 19.5 Å². The smallest absolute Gasteiger partial charge is 0.222 e. The number of hydrogen-bond donors (Lipinski definition) is 0. The van der Waals surface area contributed by atoms with E-state index in [1.54, 1.807) is 0 Å². The minimum atomic E-state index is 0.318. The molecule has 0 aliphatic rings. The van der Waals surface area contributed by atoms with Gasteiger partial charge in [0, 0.05) is 26.6 Å². The van der Waals surface area contributed by atoms with Crippen LogP contribution < -0.4 is 0 Å². The summed E-state index contributed by atoms with van der Waals surface area (Å²) in [5, 5.41) is 0. The number of hydrogen-bond acceptors (Lipinski definition) is 2. The molecule has 0 saturated carbocycles. The lowest BCUT2D eigenvalue weighted by Gasteiger charge is -2.23. The van der Waals surface area contributed by atoms with Gasteiger partial charge < -0.3 is 9.80 Å². The summed E-state index contributed by atoms with van der Waals surface area (Å²) in [5.74, 6) is 0.318. The van der Waals surface area contributed by atoms with E-state index in [0.717, 1.165) is 39.0 Å². The Morgan fingerprint density at radius 1 is 0.667 bits per heavy atom. The SMILES string of the molecule is CCCCCCCCCCCCCC(=O)N(C)CCN(CC)CC. The molecule has 0 fully saturated rings. The molecule has 0 aromatic heterocycles. The first-order valence-electron chi connectivity index (χ1n) is 10.6. The van der Waals surface area contributed by atoms with Crippen molar-refractivity contribution in [3.8, 4) is 0 Å². The second-order valence-electron chi connectivity index (χ2n) is 7.13. The van der Waals surface area contributed by atoms with E-state index in [1.165, 1.54) is 64.2 Å². The van der Waals surface area contributed by atoms with Crippen LogP contribution >= 0.6 is 0 Å². The van der Waals surface area contributed by atoms with Gasteiger partial charge in [0.15, 0.2) is 0 Å². The van der Waals surface area contributed by atoms with Gasteiger partial charge in [0.05, 0.1) is 0 Å². The molecular weight excluding hydrogens is 296 g/mol. The fraction of sp³-hybridized carbons (Fsp3) is 0.952. The Bertz CT molecular complexity index is 277. The van der Waals surface area contributed by atoms with Gasteiger partial charge in [-0.3, -0.25) is 4.79 Å². The van der Waals surface area contributed by atoms with Crippen molar-refractivity contribution in [2.24, 2.45) is 0 Å². The van der Waals surface area contributed by atoms with Crippen LogP contribution in [0.15, 0.2) is 0 Å². The molecule has 3 heteroatoms. The van der Waals surface area contributed by atoms with Crippen LogP contribution in [-0.2, 0) is 4.79 Å². The summed E-state index contributed by atoms with van der Waals surface area (Å²) in [6.45, 7) is 10.6. The summed E-state index contributed by atoms with van der Waals surface area (Å²) in [4.78, 5) is 16.4. The van der Waals surface area contributed by atoms with Crippen LogP contribution in [0.3, 0.4) is 0 Å². The Kier molecular flexibility index (Phi) is 16.8. The second kappa shape index (κ2) is 17.3. The van der Waals surface area contributed by atoms with Gasteiger partial charge in [0.1, 0.15) is 0 Å². The highest BCUT2D eigenvalue weighted by atomic mass is 16.2. The van der Waals surface area contributed by atoms with E-state index < -0.39 is 0 Å². The molecule has 0 unspecified atom stereocenters. The summed E-state index contributed by atoms with van der Waals surface area (Å²) < 4.78 is 0. The average molecular weight is 341 g/mol. The van der Waals surface area contributed by atoms with Crippen molar-refractivity contribution in [3.63, 3.8) is 0 Å². The third kappa shape index (κ3) is 13.8. The van der Waals surface area contributed by atoms with Crippen LogP contribution in [0.2, 0.25) is 0 Å². The molecule has 3 nitrogen and oxygen atoms in total. The molecule has 0 heterocycles. The number of nitrogens with zero attached hydrogens (tertiary/aromatic N) is 2. The van der Waals surface area contributed by atoms with E-state index in [4.69, 9.17) is 0 Å². The Labute approximate surface area is 152 Å². The molecule has 24 heavy (non-hydrogen) atoms. The van der Waals surface area contributed by atoms with Crippen LogP contribution in [-0.4, -0.2) is 48.9 Å². The predicted octanol–water partition coefficient (Wildman–Crippen LogP) is 5.49. The molecule has 0 atom stereocenters. The molecule has 0 saturated heterocycles. The first-order chi connectivity index (χ1) is 11.7. The highest BCUT2D eigenvalue weighted by Gasteiger charge is 2.09. The largest absolute Gasteiger partial charge is 0.344 e. The summed E-state index contributed by atoms with van der Waals surface area (Å²) in [6, 6.07) is 0. The van der Waals surface area contributed by atoms with Crippen LogP contribution in [0, 0.1) is 0 Å². The first kappa shape index (κ1) is 23.4. The van der Waals surface area contributed by atoms with Gasteiger partial charge in [0.2, 0.25) is 5.91 Å². The quantitative estimate of drug-likeness (QED) is 0.327. The maximum absolute atomic E-state index is 12.1. The third-order valence-electron chi connectivity index (χ3n) is 5.07. The van der Waals surface area contributed by atoms with Gasteiger partial charge in [0.25, 0.3) is 0 Å². The molecule has 0 bridgehead atoms. The van der Waals surface area contributed by atoms with E-state index in [1.807, 2.05) is 11.9 Å². The van der Waals surface area contributed by atoms with Crippen molar-refractivity contribution in [1.29, 1.82) is 0 Å². The van der Waals surface area contributed by atoms with E-state index in [2.05, 4.69) is 25.7 Å². The highest BCUT2D eigenvalue weighted by molar-refractivity contribution is 5.75. The predicted molar refractivity (Wildman–Crippen MR) is 107 cm³/mol. The maximum atomic E-state index is 12.1. The minimum Gasteiger partial charge on any atom is -0.344 e. The topological polar surface area (TPSA) is 23.6 Å². The van der Waals surface area contributed by atoms with Crippen LogP contribution in [0.25, 0.3) is 0 Å². The van der Waals surface area contributed by atoms with Gasteiger partial charge in [-0.2, -0.15) is 0 Å². The molecule has 0 N–H and O–H groups in total. The third-order valence-corrected chi connectivity index (χ3v) is 5.07. The number of rotatable bonds is 17. The van der Waals surface area contributed by atoms with Crippen LogP contribution in [0.4, 0.5) is 0 Å². The number of amides is 1. The van der Waals surface area contributed by atoms with Crippen LogP contribution in [0.1, 0.15) is 97.8 Å². The molecule has 0 aromatic rings. The average Bonchev–Trinajstić information content (AvgIpc) is 2.60. The van der Waals surface area contributed by atoms with E-state index in [0.29, 0.717) is 5.91 Å². The lowest BCUT2D eigenvalue weighted by atomic mass is 10.1. The summed E-state index contributed by atoms with van der Waals surface area (Å²) in [7, 11) is 1.95. The van der Waals surface area contributed by atoms with Crippen molar-refractivity contribution in [3.05, 3.63) is 0 Å². The second-order valence-corrected chi connectivity index (χ2v) is 7.13. The Balaban J connectivity index is 3.42. The lowest BCUT2D eigenvalue weighted by molar-refractivity contribution is -0.130. The zero-order chi connectivity index (χ0) is 18.0. The zero-order valence-electron chi connectivity index (χ0n) is 17.1. The molecule has 0 aromatic carbocycles. The molecule has 0 aliphatic heterocycles. The van der Waals surface area contributed by atoms with Crippen molar-refractivity contribution in [2.75, 3.05) is 33.2 Å². The first-order valence-corrected chi connectivity index (χ1v) is 10.6. The number of carbonyl (C=O) groups excluding carboxylic acids is 1. The van der Waals surface area contributed by atoms with E-state index in [9.17, 15) is 4.79 Å². The Hall–Kier alpha value is -0.570. The van der Waals surface area contributed by atoms with Crippen molar-refractivity contribution in [1.82, 2.24) is 9.80 Å². The molecular formula is C21H44N2O. The monoisotopic (exact) mass is 340 g/mol. The van der Waals surface area contributed by atoms with Gasteiger partial charge in [-0.1, -0.05) is 85.0 Å². The summed E-state index contributed by atoms with van der Waals surface area (Å²) in [5.41, 5.74) is 0. The fourth-order valence-corrected chi connectivity index (χ4v) is 3.09. The van der Waals surface area contributed by atoms with Gasteiger partial charge >= 0.3 is 0 Å². The molecule has 0 rings (SSSR count). The van der Waals surface area contributed by atoms with E-state index >= 15 is 0 Å². The van der Waals surface area contributed by atoms with Crippen LogP contribution in [0.5, 0.6) is 0 Å².